The number of carbonyl (C=O) groups excluding carboxylic acids is 1. The predicted octanol–water partition coefficient (Wildman–Crippen LogP) is 4.03. The number of amides is 1. The van der Waals surface area contributed by atoms with Gasteiger partial charge in [-0.15, -0.1) is 0 Å². The third kappa shape index (κ3) is 3.76. The van der Waals surface area contributed by atoms with Crippen LogP contribution >= 0.6 is 0 Å². The van der Waals surface area contributed by atoms with Gasteiger partial charge in [-0.3, -0.25) is 4.79 Å². The van der Waals surface area contributed by atoms with E-state index in [0.29, 0.717) is 34.5 Å². The topological polar surface area (TPSA) is 74.6 Å². The number of carbonyl (C=O) groups is 1. The highest BCUT2D eigenvalue weighted by atomic mass is 16.5. The summed E-state index contributed by atoms with van der Waals surface area (Å²) in [5.74, 6) is 1.59. The van der Waals surface area contributed by atoms with Crippen LogP contribution in [0.25, 0.3) is 5.69 Å². The summed E-state index contributed by atoms with van der Waals surface area (Å²) >= 11 is 0. The Morgan fingerprint density at radius 3 is 2.21 bits per heavy atom. The lowest BCUT2D eigenvalue weighted by Crippen LogP contribution is -2.17. The Morgan fingerprint density at radius 1 is 1.00 bits per heavy atom. The van der Waals surface area contributed by atoms with Gasteiger partial charge in [-0.1, -0.05) is 18.2 Å². The van der Waals surface area contributed by atoms with Crippen molar-refractivity contribution >= 4 is 11.6 Å². The van der Waals surface area contributed by atoms with Gasteiger partial charge >= 0.3 is 0 Å². The van der Waals surface area contributed by atoms with Crippen molar-refractivity contribution in [1.82, 2.24) is 9.78 Å². The molecule has 0 bridgehead atoms. The van der Waals surface area contributed by atoms with Gasteiger partial charge in [0.15, 0.2) is 11.5 Å². The fraction of sp³-hybridized carbons (Fsp3) is 0.273. The van der Waals surface area contributed by atoms with Crippen LogP contribution in [0.5, 0.6) is 17.2 Å². The van der Waals surface area contributed by atoms with Crippen LogP contribution in [0.2, 0.25) is 0 Å². The van der Waals surface area contributed by atoms with Crippen LogP contribution in [0.3, 0.4) is 0 Å². The van der Waals surface area contributed by atoms with Gasteiger partial charge in [0.05, 0.1) is 32.7 Å². The molecule has 0 radical (unpaired) electrons. The second kappa shape index (κ2) is 7.87. The second-order valence-corrected chi connectivity index (χ2v) is 6.84. The maximum absolute atomic E-state index is 13.1. The molecular formula is C22H23N3O4. The molecule has 1 aliphatic rings. The normalized spacial score (nSPS) is 13.1. The van der Waals surface area contributed by atoms with Crippen molar-refractivity contribution in [1.29, 1.82) is 0 Å². The average molecular weight is 393 g/mol. The quantitative estimate of drug-likeness (QED) is 0.656. The number of ether oxygens (including phenoxy) is 3. The van der Waals surface area contributed by atoms with Crippen LogP contribution in [0, 0.1) is 0 Å². The van der Waals surface area contributed by atoms with Crippen LogP contribution in [0.15, 0.2) is 48.5 Å². The van der Waals surface area contributed by atoms with E-state index in [4.69, 9.17) is 14.2 Å². The lowest BCUT2D eigenvalue weighted by atomic mass is 10.2. The Hall–Kier alpha value is -3.48. The Balaban J connectivity index is 1.69. The molecule has 1 amide bonds. The van der Waals surface area contributed by atoms with E-state index in [1.54, 1.807) is 16.8 Å². The number of methoxy groups -OCH3 is 3. The summed E-state index contributed by atoms with van der Waals surface area (Å²) in [6.45, 7) is 0. The first-order valence-electron chi connectivity index (χ1n) is 9.41. The summed E-state index contributed by atoms with van der Waals surface area (Å²) < 4.78 is 17.8. The maximum atomic E-state index is 13.1. The van der Waals surface area contributed by atoms with Gasteiger partial charge < -0.3 is 19.5 Å². The molecule has 0 aliphatic heterocycles. The molecule has 0 saturated heterocycles. The van der Waals surface area contributed by atoms with E-state index in [9.17, 15) is 4.79 Å². The highest BCUT2D eigenvalue weighted by molar-refractivity contribution is 6.04. The van der Waals surface area contributed by atoms with Crippen LogP contribution < -0.4 is 19.5 Å². The molecule has 7 heteroatoms. The van der Waals surface area contributed by atoms with Crippen LogP contribution in [0.1, 0.15) is 34.9 Å². The fourth-order valence-electron chi connectivity index (χ4n) is 3.25. The summed E-state index contributed by atoms with van der Waals surface area (Å²) in [4.78, 5) is 13.1. The van der Waals surface area contributed by atoms with E-state index < -0.39 is 0 Å². The molecule has 1 fully saturated rings. The summed E-state index contributed by atoms with van der Waals surface area (Å²) in [5, 5.41) is 7.61. The minimum Gasteiger partial charge on any atom is -0.493 e. The van der Waals surface area contributed by atoms with Crippen molar-refractivity contribution in [2.24, 2.45) is 0 Å². The fourth-order valence-corrected chi connectivity index (χ4v) is 3.25. The first kappa shape index (κ1) is 18.9. The first-order chi connectivity index (χ1) is 14.1. The van der Waals surface area contributed by atoms with E-state index >= 15 is 0 Å². The molecule has 0 unspecified atom stereocenters. The molecule has 7 nitrogen and oxygen atoms in total. The van der Waals surface area contributed by atoms with E-state index in [1.807, 2.05) is 36.4 Å². The molecule has 3 aromatic rings. The van der Waals surface area contributed by atoms with Gasteiger partial charge in [0.25, 0.3) is 5.91 Å². The monoisotopic (exact) mass is 393 g/mol. The van der Waals surface area contributed by atoms with Gasteiger partial charge in [-0.05, 0) is 31.0 Å². The van der Waals surface area contributed by atoms with Crippen molar-refractivity contribution in [2.45, 2.75) is 18.8 Å². The smallest absolute Gasteiger partial charge is 0.274 e. The first-order valence-corrected chi connectivity index (χ1v) is 9.41. The number of benzene rings is 2. The molecule has 2 aromatic carbocycles. The van der Waals surface area contributed by atoms with Crippen molar-refractivity contribution in [3.05, 3.63) is 59.9 Å². The Bertz CT molecular complexity index is 1000. The molecule has 4 rings (SSSR count). The highest BCUT2D eigenvalue weighted by Gasteiger charge is 2.29. The number of anilines is 1. The summed E-state index contributed by atoms with van der Waals surface area (Å²) in [5.41, 5.74) is 2.81. The molecule has 1 saturated carbocycles. The predicted molar refractivity (Wildman–Crippen MR) is 110 cm³/mol. The number of hydrogen-bond donors (Lipinski definition) is 1. The van der Waals surface area contributed by atoms with Gasteiger partial charge in [0, 0.05) is 23.7 Å². The Morgan fingerprint density at radius 2 is 1.66 bits per heavy atom. The molecule has 1 aromatic heterocycles. The molecule has 1 heterocycles. The molecule has 0 atom stereocenters. The molecule has 1 N–H and O–H groups in total. The zero-order chi connectivity index (χ0) is 20.4. The van der Waals surface area contributed by atoms with E-state index in [1.165, 1.54) is 21.3 Å². The standard InChI is InChI=1S/C22H23N3O4/c1-27-19-11-15(12-20(28-2)21(19)29-3)23-22(26)18-13-17(14-9-10-14)24-25(18)16-7-5-4-6-8-16/h4-8,11-14H,9-10H2,1-3H3,(H,23,26). The Kier molecular flexibility index (Phi) is 5.12. The average Bonchev–Trinajstić information content (AvgIpc) is 3.51. The van der Waals surface area contributed by atoms with E-state index in [-0.39, 0.29) is 5.91 Å². The summed E-state index contributed by atoms with van der Waals surface area (Å²) in [6.07, 6.45) is 2.22. The van der Waals surface area contributed by atoms with Gasteiger partial charge in [0.2, 0.25) is 5.75 Å². The molecule has 1 aliphatic carbocycles. The lowest BCUT2D eigenvalue weighted by Gasteiger charge is -2.15. The van der Waals surface area contributed by atoms with E-state index in [0.717, 1.165) is 24.2 Å². The van der Waals surface area contributed by atoms with E-state index in [2.05, 4.69) is 10.4 Å². The number of para-hydroxylation sites is 1. The van der Waals surface area contributed by atoms with Crippen molar-refractivity contribution in [3.63, 3.8) is 0 Å². The van der Waals surface area contributed by atoms with Crippen molar-refractivity contribution in [3.8, 4) is 22.9 Å². The zero-order valence-corrected chi connectivity index (χ0v) is 16.6. The highest BCUT2D eigenvalue weighted by Crippen LogP contribution is 2.41. The van der Waals surface area contributed by atoms with Crippen LogP contribution in [0.4, 0.5) is 5.69 Å². The molecule has 150 valence electrons. The molecular weight excluding hydrogens is 370 g/mol. The lowest BCUT2D eigenvalue weighted by molar-refractivity contribution is 0.101. The largest absolute Gasteiger partial charge is 0.493 e. The maximum Gasteiger partial charge on any atom is 0.274 e. The minimum atomic E-state index is -0.262. The zero-order valence-electron chi connectivity index (χ0n) is 16.6. The third-order valence-corrected chi connectivity index (χ3v) is 4.88. The number of aromatic nitrogens is 2. The van der Waals surface area contributed by atoms with Crippen molar-refractivity contribution < 1.29 is 19.0 Å². The van der Waals surface area contributed by atoms with Gasteiger partial charge in [-0.25, -0.2) is 4.68 Å². The SMILES string of the molecule is COc1cc(NC(=O)c2cc(C3CC3)nn2-c2ccccc2)cc(OC)c1OC. The number of rotatable bonds is 7. The molecule has 29 heavy (non-hydrogen) atoms. The minimum absolute atomic E-state index is 0.262. The summed E-state index contributed by atoms with van der Waals surface area (Å²) in [6, 6.07) is 14.9. The van der Waals surface area contributed by atoms with Crippen LogP contribution in [-0.2, 0) is 0 Å². The molecule has 0 spiro atoms. The number of hydrogen-bond acceptors (Lipinski definition) is 5. The third-order valence-electron chi connectivity index (χ3n) is 4.88. The van der Waals surface area contributed by atoms with Crippen molar-refractivity contribution in [2.75, 3.05) is 26.6 Å². The number of nitrogens with zero attached hydrogens (tertiary/aromatic N) is 2. The second-order valence-electron chi connectivity index (χ2n) is 6.84. The number of nitrogens with one attached hydrogen (secondary N) is 1. The van der Waals surface area contributed by atoms with Crippen LogP contribution in [-0.4, -0.2) is 37.0 Å². The van der Waals surface area contributed by atoms with Gasteiger partial charge in [-0.2, -0.15) is 5.10 Å². The Labute approximate surface area is 169 Å². The summed E-state index contributed by atoms with van der Waals surface area (Å²) in [7, 11) is 4.61. The van der Waals surface area contributed by atoms with Gasteiger partial charge in [0.1, 0.15) is 5.69 Å².